The molecule has 1 aromatic heterocycles. The smallest absolute Gasteiger partial charge is 0.224 e. The van der Waals surface area contributed by atoms with Crippen LogP contribution in [0.1, 0.15) is 66.8 Å². The minimum Gasteiger partial charge on any atom is -0.397 e. The zero-order valence-corrected chi connectivity index (χ0v) is 29.6. The summed E-state index contributed by atoms with van der Waals surface area (Å²) in [5, 5.41) is 16.1. The number of nitrogens with zero attached hydrogens (tertiary/aromatic N) is 2. The van der Waals surface area contributed by atoms with Crippen molar-refractivity contribution in [1.29, 1.82) is 0 Å². The van der Waals surface area contributed by atoms with Crippen molar-refractivity contribution in [3.05, 3.63) is 138 Å². The number of aromatic nitrogens is 2. The standard InChI is InChI=1S/C41H43N5O5S/c42-35-10-3-4-11-36(35)46-39(49)13-6-5-12-38(48)45-25-32-8-1-2-9-34(32)29-18-20-31(21-19-29)40-50-33(27-52-41-43-22-7-23-44-41)24-37(51-40)30-16-14-28(26-47)15-17-30/h1-4,7-11,14-23,33,37,40,47H,5-6,12-13,24-27,42H2,(H,45,48)(H,46,49). The van der Waals surface area contributed by atoms with Crippen molar-refractivity contribution in [2.75, 3.05) is 16.8 Å². The summed E-state index contributed by atoms with van der Waals surface area (Å²) < 4.78 is 13.0. The Hall–Kier alpha value is -5.07. The fraction of sp³-hybridized carbons (Fsp3) is 0.268. The molecule has 1 saturated heterocycles. The third kappa shape index (κ3) is 10.3. The van der Waals surface area contributed by atoms with Crippen LogP contribution in [-0.2, 0) is 32.2 Å². The number of aliphatic hydroxyl groups is 1. The molecule has 2 heterocycles. The lowest BCUT2D eigenvalue weighted by atomic mass is 9.97. The molecule has 52 heavy (non-hydrogen) atoms. The number of nitrogens with two attached hydrogens (primary N) is 1. The van der Waals surface area contributed by atoms with Gasteiger partial charge in [-0.05, 0) is 58.9 Å². The van der Waals surface area contributed by atoms with Crippen LogP contribution in [-0.4, -0.2) is 38.7 Å². The SMILES string of the molecule is Nc1ccccc1NC(=O)CCCCC(=O)NCc1ccccc1-c1ccc(C2OC(CSc3ncccn3)CC(c3ccc(CO)cc3)O2)cc1. The molecule has 6 rings (SSSR count). The fourth-order valence-corrected chi connectivity index (χ4v) is 6.82. The van der Waals surface area contributed by atoms with Crippen molar-refractivity contribution in [3.63, 3.8) is 0 Å². The summed E-state index contributed by atoms with van der Waals surface area (Å²) in [4.78, 5) is 33.7. The molecule has 5 N–H and O–H groups in total. The van der Waals surface area contributed by atoms with Gasteiger partial charge in [-0.15, -0.1) is 0 Å². The third-order valence-corrected chi connectivity index (χ3v) is 9.84. The molecule has 2 amide bonds. The van der Waals surface area contributed by atoms with Gasteiger partial charge in [-0.25, -0.2) is 9.97 Å². The van der Waals surface area contributed by atoms with Crippen LogP contribution < -0.4 is 16.4 Å². The van der Waals surface area contributed by atoms with Gasteiger partial charge in [-0.3, -0.25) is 9.59 Å². The highest BCUT2D eigenvalue weighted by molar-refractivity contribution is 7.99. The summed E-state index contributed by atoms with van der Waals surface area (Å²) in [5.41, 5.74) is 12.8. The van der Waals surface area contributed by atoms with Crippen LogP contribution >= 0.6 is 11.8 Å². The second-order valence-corrected chi connectivity index (χ2v) is 13.6. The van der Waals surface area contributed by atoms with Crippen molar-refractivity contribution in [2.24, 2.45) is 0 Å². The number of anilines is 2. The number of thioether (sulfide) groups is 1. The van der Waals surface area contributed by atoms with E-state index in [1.54, 1.807) is 42.4 Å². The van der Waals surface area contributed by atoms with E-state index in [2.05, 4.69) is 32.7 Å². The number of hydrogen-bond donors (Lipinski definition) is 4. The van der Waals surface area contributed by atoms with Crippen LogP contribution in [0.15, 0.2) is 121 Å². The number of para-hydroxylation sites is 2. The lowest BCUT2D eigenvalue weighted by Crippen LogP contribution is -2.31. The molecule has 10 nitrogen and oxygen atoms in total. The molecule has 0 radical (unpaired) electrons. The van der Waals surface area contributed by atoms with Gasteiger partial charge in [-0.1, -0.05) is 96.7 Å². The summed E-state index contributed by atoms with van der Waals surface area (Å²) in [6.07, 6.45) is 5.12. The quantitative estimate of drug-likeness (QED) is 0.0377. The van der Waals surface area contributed by atoms with Gasteiger partial charge in [-0.2, -0.15) is 0 Å². The molecule has 1 aliphatic heterocycles. The highest BCUT2D eigenvalue weighted by Crippen LogP contribution is 2.39. The first-order valence-electron chi connectivity index (χ1n) is 17.4. The average molecular weight is 718 g/mol. The van der Waals surface area contributed by atoms with E-state index in [-0.39, 0.29) is 30.6 Å². The van der Waals surface area contributed by atoms with Gasteiger partial charge in [0.15, 0.2) is 11.4 Å². The molecule has 0 saturated carbocycles. The molecule has 0 bridgehead atoms. The van der Waals surface area contributed by atoms with Gasteiger partial charge in [0.2, 0.25) is 11.8 Å². The molecule has 4 aromatic carbocycles. The predicted octanol–water partition coefficient (Wildman–Crippen LogP) is 7.37. The van der Waals surface area contributed by atoms with E-state index in [0.29, 0.717) is 60.9 Å². The van der Waals surface area contributed by atoms with Gasteiger partial charge in [0.05, 0.1) is 30.2 Å². The zero-order valence-electron chi connectivity index (χ0n) is 28.8. The van der Waals surface area contributed by atoms with Crippen LogP contribution in [0.3, 0.4) is 0 Å². The largest absolute Gasteiger partial charge is 0.397 e. The van der Waals surface area contributed by atoms with Crippen molar-refractivity contribution in [2.45, 2.75) is 68.9 Å². The number of nitrogens with one attached hydrogen (secondary N) is 2. The van der Waals surface area contributed by atoms with Gasteiger partial charge < -0.3 is 30.9 Å². The van der Waals surface area contributed by atoms with Crippen LogP contribution in [0.4, 0.5) is 11.4 Å². The molecular formula is C41H43N5O5S. The van der Waals surface area contributed by atoms with E-state index in [1.165, 1.54) is 0 Å². The number of nitrogen functional groups attached to an aromatic ring is 1. The maximum atomic E-state index is 12.7. The maximum Gasteiger partial charge on any atom is 0.224 e. The average Bonchev–Trinajstić information content (AvgIpc) is 3.19. The van der Waals surface area contributed by atoms with Gasteiger partial charge >= 0.3 is 0 Å². The van der Waals surface area contributed by atoms with Gasteiger partial charge in [0, 0.05) is 49.5 Å². The highest BCUT2D eigenvalue weighted by atomic mass is 32.2. The second kappa shape index (κ2) is 18.4. The number of amides is 2. The minimum atomic E-state index is -0.579. The first kappa shape index (κ1) is 36.7. The number of hydrogen-bond acceptors (Lipinski definition) is 9. The Morgan fingerprint density at radius 3 is 2.25 bits per heavy atom. The van der Waals surface area contributed by atoms with Crippen LogP contribution in [0.5, 0.6) is 0 Å². The van der Waals surface area contributed by atoms with Crippen molar-refractivity contribution >= 4 is 35.0 Å². The van der Waals surface area contributed by atoms with E-state index in [1.807, 2.05) is 72.8 Å². The van der Waals surface area contributed by atoms with Crippen LogP contribution in [0.2, 0.25) is 0 Å². The Labute approximate surface area is 308 Å². The Morgan fingerprint density at radius 1 is 0.808 bits per heavy atom. The summed E-state index contributed by atoms with van der Waals surface area (Å²) in [6, 6.07) is 33.0. The molecule has 1 aliphatic rings. The van der Waals surface area contributed by atoms with E-state index in [0.717, 1.165) is 33.4 Å². The molecule has 268 valence electrons. The summed E-state index contributed by atoms with van der Waals surface area (Å²) in [6.45, 7) is 0.379. The van der Waals surface area contributed by atoms with Gasteiger partial charge in [0.1, 0.15) is 0 Å². The Bertz CT molecular complexity index is 1910. The normalized spacial score (nSPS) is 17.0. The predicted molar refractivity (Wildman–Crippen MR) is 203 cm³/mol. The van der Waals surface area contributed by atoms with Crippen LogP contribution in [0.25, 0.3) is 11.1 Å². The lowest BCUT2D eigenvalue weighted by Gasteiger charge is -2.36. The van der Waals surface area contributed by atoms with Crippen LogP contribution in [0, 0.1) is 0 Å². The molecule has 5 aromatic rings. The molecule has 11 heteroatoms. The van der Waals surface area contributed by atoms with Crippen molar-refractivity contribution < 1.29 is 24.2 Å². The Kier molecular flexibility index (Phi) is 13.0. The Morgan fingerprint density at radius 2 is 1.50 bits per heavy atom. The third-order valence-electron chi connectivity index (χ3n) is 8.84. The highest BCUT2D eigenvalue weighted by Gasteiger charge is 2.32. The fourth-order valence-electron chi connectivity index (χ4n) is 6.00. The molecular weight excluding hydrogens is 675 g/mol. The number of carbonyl (C=O) groups excluding carboxylic acids is 2. The first-order chi connectivity index (χ1) is 25.4. The lowest BCUT2D eigenvalue weighted by molar-refractivity contribution is -0.245. The molecule has 0 spiro atoms. The number of unbranched alkanes of at least 4 members (excludes halogenated alkanes) is 1. The summed E-state index contributed by atoms with van der Waals surface area (Å²) in [7, 11) is 0. The van der Waals surface area contributed by atoms with E-state index < -0.39 is 6.29 Å². The topological polar surface area (TPSA) is 149 Å². The number of rotatable bonds is 15. The Balaban J connectivity index is 1.05. The molecule has 0 aliphatic carbocycles. The van der Waals surface area contributed by atoms with Crippen molar-refractivity contribution in [1.82, 2.24) is 15.3 Å². The van der Waals surface area contributed by atoms with Crippen molar-refractivity contribution in [3.8, 4) is 11.1 Å². The monoisotopic (exact) mass is 717 g/mol. The summed E-state index contributed by atoms with van der Waals surface area (Å²) in [5.74, 6) is 0.493. The molecule has 3 atom stereocenters. The molecule has 1 fully saturated rings. The number of aliphatic hydroxyl groups excluding tert-OH is 1. The van der Waals surface area contributed by atoms with E-state index in [9.17, 15) is 14.7 Å². The van der Waals surface area contributed by atoms with E-state index >= 15 is 0 Å². The minimum absolute atomic E-state index is 0.0102. The zero-order chi connectivity index (χ0) is 36.1. The van der Waals surface area contributed by atoms with Gasteiger partial charge in [0.25, 0.3) is 0 Å². The number of benzene rings is 4. The maximum absolute atomic E-state index is 12.7. The second-order valence-electron chi connectivity index (χ2n) is 12.6. The number of carbonyl (C=O) groups is 2. The first-order valence-corrected chi connectivity index (χ1v) is 18.4. The number of ether oxygens (including phenoxy) is 2. The summed E-state index contributed by atoms with van der Waals surface area (Å²) >= 11 is 1.56. The van der Waals surface area contributed by atoms with E-state index in [4.69, 9.17) is 15.2 Å². The molecule has 3 unspecified atom stereocenters.